The Morgan fingerprint density at radius 1 is 1.00 bits per heavy atom. The fourth-order valence-corrected chi connectivity index (χ4v) is 1.72. The minimum absolute atomic E-state index is 0.147. The predicted octanol–water partition coefficient (Wildman–Crippen LogP) is 4.63. The third kappa shape index (κ3) is 2.77. The summed E-state index contributed by atoms with van der Waals surface area (Å²) in [5.41, 5.74) is 0. The van der Waals surface area contributed by atoms with E-state index < -0.39 is 15.1 Å². The first-order chi connectivity index (χ1) is 5.49. The van der Waals surface area contributed by atoms with Crippen LogP contribution in [-0.4, -0.2) is 0 Å². The zero-order valence-corrected chi connectivity index (χ0v) is 7.77. The number of halogens is 5. The van der Waals surface area contributed by atoms with E-state index >= 15 is 0 Å². The lowest BCUT2D eigenvalue weighted by atomic mass is 10.4. The maximum absolute atomic E-state index is 12.1. The highest BCUT2D eigenvalue weighted by atomic mass is 32.5. The Bertz CT molecular complexity index is 340. The summed E-state index contributed by atoms with van der Waals surface area (Å²) in [6.07, 6.45) is 0. The lowest BCUT2D eigenvalue weighted by Gasteiger charge is -2.40. The van der Waals surface area contributed by atoms with Crippen molar-refractivity contribution >= 4 is 22.9 Å². The summed E-state index contributed by atoms with van der Waals surface area (Å²) in [6.45, 7) is 0. The van der Waals surface area contributed by atoms with Crippen LogP contribution in [0, 0.1) is 0 Å². The Labute approximate surface area is 76.9 Å². The van der Waals surface area contributed by atoms with Crippen LogP contribution in [0.4, 0.5) is 19.4 Å². The molecule has 1 aromatic carbocycles. The van der Waals surface area contributed by atoms with Crippen LogP contribution >= 0.6 is 22.9 Å². The molecule has 0 saturated carbocycles. The third-order valence-corrected chi connectivity index (χ3v) is 2.69. The van der Waals surface area contributed by atoms with E-state index in [1.165, 1.54) is 6.07 Å². The van der Waals surface area contributed by atoms with E-state index in [1.54, 1.807) is 0 Å². The van der Waals surface area contributed by atoms with Gasteiger partial charge in [-0.25, -0.2) is 0 Å². The fourth-order valence-electron chi connectivity index (χ4n) is 0.723. The second kappa shape index (κ2) is 2.14. The summed E-state index contributed by atoms with van der Waals surface area (Å²) < 4.78 is 60.5. The van der Waals surface area contributed by atoms with Gasteiger partial charge in [0, 0.05) is 4.90 Å². The molecule has 0 radical (unpaired) electrons. The van der Waals surface area contributed by atoms with Crippen molar-refractivity contribution in [3.8, 4) is 0 Å². The largest absolute Gasteiger partial charge is 0.310 e. The molecule has 0 N–H and O–H groups in total. The lowest BCUT2D eigenvalue weighted by Crippen LogP contribution is -2.05. The Hall–Kier alpha value is -0.430. The van der Waals surface area contributed by atoms with Crippen LogP contribution in [0.3, 0.4) is 0 Å². The Balaban J connectivity index is 3.41. The van der Waals surface area contributed by atoms with Gasteiger partial charge in [-0.15, -0.1) is 12.6 Å². The number of thiol groups is 1. The van der Waals surface area contributed by atoms with Crippen LogP contribution in [0.15, 0.2) is 34.1 Å². The molecule has 0 fully saturated rings. The van der Waals surface area contributed by atoms with Crippen LogP contribution in [-0.2, 0) is 0 Å². The molecule has 0 nitrogen and oxygen atoms in total. The van der Waals surface area contributed by atoms with Crippen LogP contribution in [0.25, 0.3) is 0 Å². The van der Waals surface area contributed by atoms with Gasteiger partial charge in [0.25, 0.3) is 0 Å². The highest BCUT2D eigenvalue weighted by molar-refractivity contribution is 8.45. The van der Waals surface area contributed by atoms with Gasteiger partial charge in [0.1, 0.15) is 4.90 Å². The molecular weight excluding hydrogens is 231 g/mol. The van der Waals surface area contributed by atoms with E-state index in [4.69, 9.17) is 0 Å². The molecule has 0 spiro atoms. The van der Waals surface area contributed by atoms with E-state index in [9.17, 15) is 19.4 Å². The highest BCUT2D eigenvalue weighted by Crippen LogP contribution is 3.02. The quantitative estimate of drug-likeness (QED) is 0.533. The van der Waals surface area contributed by atoms with Crippen molar-refractivity contribution in [1.82, 2.24) is 0 Å². The number of benzene rings is 1. The van der Waals surface area contributed by atoms with Crippen LogP contribution < -0.4 is 0 Å². The predicted molar refractivity (Wildman–Crippen MR) is 45.1 cm³/mol. The molecule has 0 aliphatic carbocycles. The third-order valence-electron chi connectivity index (χ3n) is 1.26. The molecule has 0 aromatic heterocycles. The molecule has 1 aromatic rings. The molecule has 0 aliphatic heterocycles. The van der Waals surface area contributed by atoms with Crippen molar-refractivity contribution in [3.05, 3.63) is 24.3 Å². The fraction of sp³-hybridized carbons (Fsp3) is 0. The van der Waals surface area contributed by atoms with E-state index in [2.05, 4.69) is 12.6 Å². The number of hydrogen-bond acceptors (Lipinski definition) is 1. The molecule has 0 saturated heterocycles. The summed E-state index contributed by atoms with van der Waals surface area (Å²) in [5, 5.41) is 0. The lowest BCUT2D eigenvalue weighted by molar-refractivity contribution is 0.363. The van der Waals surface area contributed by atoms with E-state index in [-0.39, 0.29) is 4.90 Å². The Kier molecular flexibility index (Phi) is 1.75. The van der Waals surface area contributed by atoms with Crippen LogP contribution in [0.2, 0.25) is 0 Å². The van der Waals surface area contributed by atoms with Gasteiger partial charge in [0.05, 0.1) is 0 Å². The molecule has 1 rings (SSSR count). The molecule has 0 aliphatic rings. The molecule has 0 unspecified atom stereocenters. The minimum atomic E-state index is -9.51. The van der Waals surface area contributed by atoms with Crippen LogP contribution in [0.1, 0.15) is 0 Å². The van der Waals surface area contributed by atoms with Crippen molar-refractivity contribution in [2.24, 2.45) is 0 Å². The second-order valence-corrected chi connectivity index (χ2v) is 5.39. The summed E-state index contributed by atoms with van der Waals surface area (Å²) in [7, 11) is -9.51. The van der Waals surface area contributed by atoms with Crippen molar-refractivity contribution in [3.63, 3.8) is 0 Å². The molecule has 7 heteroatoms. The molecule has 0 amide bonds. The second-order valence-electron chi connectivity index (χ2n) is 2.47. The normalized spacial score (nSPS) is 17.7. The smallest absolute Gasteiger partial charge is 0.143 e. The first-order valence-corrected chi connectivity index (χ1v) is 5.42. The van der Waals surface area contributed by atoms with Gasteiger partial charge in [0.2, 0.25) is 0 Å². The van der Waals surface area contributed by atoms with Crippen LogP contribution in [0.5, 0.6) is 0 Å². The van der Waals surface area contributed by atoms with Gasteiger partial charge >= 0.3 is 10.2 Å². The maximum Gasteiger partial charge on any atom is 0.310 e. The average molecular weight is 236 g/mol. The monoisotopic (exact) mass is 236 g/mol. The summed E-state index contributed by atoms with van der Waals surface area (Å²) in [5.74, 6) is 0. The summed E-state index contributed by atoms with van der Waals surface area (Å²) in [6, 6.07) is 2.72. The van der Waals surface area contributed by atoms with Gasteiger partial charge < -0.3 is 0 Å². The van der Waals surface area contributed by atoms with Crippen molar-refractivity contribution in [2.45, 2.75) is 9.79 Å². The summed E-state index contributed by atoms with van der Waals surface area (Å²) >= 11 is 3.55. The van der Waals surface area contributed by atoms with E-state index in [0.29, 0.717) is 12.1 Å². The van der Waals surface area contributed by atoms with Crippen molar-refractivity contribution < 1.29 is 19.4 Å². The molecular formula is C6H5F5S2. The van der Waals surface area contributed by atoms with Crippen molar-refractivity contribution in [1.29, 1.82) is 0 Å². The maximum atomic E-state index is 12.1. The topological polar surface area (TPSA) is 0 Å². The Morgan fingerprint density at radius 2 is 1.54 bits per heavy atom. The standard InChI is InChI=1S/C6H5F5S2/c7-13(8,9,10,11)6-3-1-2-5(12)4-6/h1-4,12H. The SMILES string of the molecule is FS(F)(F)(F)(F)c1cccc(S)c1. The molecule has 0 heterocycles. The number of hydrogen-bond donors (Lipinski definition) is 1. The Morgan fingerprint density at radius 3 is 1.85 bits per heavy atom. The first-order valence-electron chi connectivity index (χ1n) is 3.02. The minimum Gasteiger partial charge on any atom is -0.143 e. The van der Waals surface area contributed by atoms with Gasteiger partial charge in [0.15, 0.2) is 0 Å². The molecule has 13 heavy (non-hydrogen) atoms. The summed E-state index contributed by atoms with van der Waals surface area (Å²) in [4.78, 5) is -2.06. The zero-order valence-electron chi connectivity index (χ0n) is 6.05. The number of rotatable bonds is 1. The van der Waals surface area contributed by atoms with Gasteiger partial charge in [-0.3, -0.25) is 0 Å². The zero-order chi connectivity index (χ0) is 10.4. The van der Waals surface area contributed by atoms with Crippen molar-refractivity contribution in [2.75, 3.05) is 0 Å². The van der Waals surface area contributed by atoms with E-state index in [1.807, 2.05) is 0 Å². The molecule has 76 valence electrons. The van der Waals surface area contributed by atoms with Gasteiger partial charge in [-0.05, 0) is 18.2 Å². The first kappa shape index (κ1) is 10.6. The average Bonchev–Trinajstić information content (AvgIpc) is 1.82. The van der Waals surface area contributed by atoms with Gasteiger partial charge in [-0.2, -0.15) is 0 Å². The van der Waals surface area contributed by atoms with Gasteiger partial charge in [-0.1, -0.05) is 25.5 Å². The highest BCUT2D eigenvalue weighted by Gasteiger charge is 2.65. The van der Waals surface area contributed by atoms with E-state index in [0.717, 1.165) is 6.07 Å². The molecule has 0 bridgehead atoms. The molecule has 0 atom stereocenters.